The number of aryl methyl sites for hydroxylation is 1. The van der Waals surface area contributed by atoms with E-state index in [4.69, 9.17) is 0 Å². The molecule has 1 N–H and O–H groups in total. The lowest BCUT2D eigenvalue weighted by atomic mass is 9.75. The molecule has 0 radical (unpaired) electrons. The van der Waals surface area contributed by atoms with Crippen molar-refractivity contribution in [2.24, 2.45) is 11.3 Å². The first-order valence-corrected chi connectivity index (χ1v) is 9.58. The van der Waals surface area contributed by atoms with Crippen LogP contribution in [0.4, 0.5) is 5.69 Å². The summed E-state index contributed by atoms with van der Waals surface area (Å²) in [5.41, 5.74) is 4.63. The molecular formula is C23H22N4O. The fraction of sp³-hybridized carbons (Fsp3) is 0.261. The number of rotatable bonds is 2. The van der Waals surface area contributed by atoms with Gasteiger partial charge in [-0.3, -0.25) is 9.69 Å². The van der Waals surface area contributed by atoms with Gasteiger partial charge in [-0.05, 0) is 43.2 Å². The van der Waals surface area contributed by atoms with Gasteiger partial charge in [-0.25, -0.2) is 9.97 Å². The van der Waals surface area contributed by atoms with E-state index in [2.05, 4.69) is 41.0 Å². The number of carbonyl (C=O) groups excluding carboxylic acids is 1. The van der Waals surface area contributed by atoms with Crippen molar-refractivity contribution in [1.29, 1.82) is 0 Å². The van der Waals surface area contributed by atoms with Crippen molar-refractivity contribution in [3.05, 3.63) is 72.1 Å². The van der Waals surface area contributed by atoms with Gasteiger partial charge in [0.1, 0.15) is 5.82 Å². The standard InChI is InChI=1S/C23H22N4O/c1-14-25-12-16(13-26-14)15-7-8-18-21(11-15)27(22(28)23(18,2)3)20-6-4-5-19-17(20)9-10-24-19/h4-7,9-13,18,24H,8H2,1-3H3. The number of nitrogens with one attached hydrogen (secondary N) is 1. The molecule has 5 heteroatoms. The first kappa shape index (κ1) is 16.9. The highest BCUT2D eigenvalue weighted by Gasteiger charge is 2.51. The number of hydrogen-bond acceptors (Lipinski definition) is 3. The molecule has 0 saturated carbocycles. The normalized spacial score (nSPS) is 20.9. The molecule has 1 amide bonds. The molecule has 0 spiro atoms. The zero-order valence-electron chi connectivity index (χ0n) is 16.2. The van der Waals surface area contributed by atoms with Crippen molar-refractivity contribution in [2.45, 2.75) is 27.2 Å². The predicted molar refractivity (Wildman–Crippen MR) is 111 cm³/mol. The van der Waals surface area contributed by atoms with Crippen molar-refractivity contribution in [3.8, 4) is 0 Å². The van der Waals surface area contributed by atoms with Crippen LogP contribution in [0.1, 0.15) is 31.7 Å². The zero-order chi connectivity index (χ0) is 19.5. The van der Waals surface area contributed by atoms with Crippen LogP contribution in [-0.4, -0.2) is 20.9 Å². The van der Waals surface area contributed by atoms with Crippen molar-refractivity contribution in [3.63, 3.8) is 0 Å². The molecule has 2 aromatic heterocycles. The summed E-state index contributed by atoms with van der Waals surface area (Å²) in [5.74, 6) is 1.06. The number of amides is 1. The van der Waals surface area contributed by atoms with Crippen LogP contribution in [0.5, 0.6) is 0 Å². The number of hydrogen-bond donors (Lipinski definition) is 1. The first-order valence-electron chi connectivity index (χ1n) is 9.58. The van der Waals surface area contributed by atoms with Gasteiger partial charge in [0.25, 0.3) is 0 Å². The summed E-state index contributed by atoms with van der Waals surface area (Å²) in [5, 5.41) is 1.06. The lowest BCUT2D eigenvalue weighted by Gasteiger charge is -2.26. The highest BCUT2D eigenvalue weighted by molar-refractivity contribution is 6.10. The summed E-state index contributed by atoms with van der Waals surface area (Å²) < 4.78 is 0. The fourth-order valence-corrected chi connectivity index (χ4v) is 4.38. The third-order valence-electron chi connectivity index (χ3n) is 6.04. The number of carbonyl (C=O) groups is 1. The molecule has 3 aromatic rings. The summed E-state index contributed by atoms with van der Waals surface area (Å²) in [6.45, 7) is 5.99. The Morgan fingerprint density at radius 1 is 1.18 bits per heavy atom. The number of aromatic nitrogens is 3. The highest BCUT2D eigenvalue weighted by Crippen LogP contribution is 2.51. The Labute approximate surface area is 163 Å². The molecule has 1 aliphatic carbocycles. The second-order valence-corrected chi connectivity index (χ2v) is 8.11. The highest BCUT2D eigenvalue weighted by atomic mass is 16.2. The molecule has 2 aliphatic rings. The largest absolute Gasteiger partial charge is 0.361 e. The molecule has 140 valence electrons. The summed E-state index contributed by atoms with van der Waals surface area (Å²) in [6, 6.07) is 8.09. The summed E-state index contributed by atoms with van der Waals surface area (Å²) in [4.78, 5) is 27.3. The maximum atomic E-state index is 13.5. The minimum atomic E-state index is -0.448. The van der Waals surface area contributed by atoms with E-state index in [1.807, 2.05) is 54.7 Å². The molecule has 28 heavy (non-hydrogen) atoms. The topological polar surface area (TPSA) is 61.9 Å². The van der Waals surface area contributed by atoms with Crippen LogP contribution in [0, 0.1) is 18.3 Å². The van der Waals surface area contributed by atoms with Crippen LogP contribution in [-0.2, 0) is 4.79 Å². The molecule has 5 rings (SSSR count). The van der Waals surface area contributed by atoms with Gasteiger partial charge in [-0.1, -0.05) is 26.0 Å². The monoisotopic (exact) mass is 370 g/mol. The first-order chi connectivity index (χ1) is 13.5. The average Bonchev–Trinajstić information content (AvgIpc) is 3.24. The van der Waals surface area contributed by atoms with Gasteiger partial charge in [0.15, 0.2) is 0 Å². The van der Waals surface area contributed by atoms with Gasteiger partial charge >= 0.3 is 0 Å². The van der Waals surface area contributed by atoms with Crippen molar-refractivity contribution < 1.29 is 4.79 Å². The molecule has 5 nitrogen and oxygen atoms in total. The molecule has 1 atom stereocenters. The fourth-order valence-electron chi connectivity index (χ4n) is 4.38. The van der Waals surface area contributed by atoms with E-state index in [0.29, 0.717) is 0 Å². The second-order valence-electron chi connectivity index (χ2n) is 8.11. The minimum absolute atomic E-state index is 0.146. The van der Waals surface area contributed by atoms with Crippen LogP contribution in [0.3, 0.4) is 0 Å². The summed E-state index contributed by atoms with van der Waals surface area (Å²) in [6.07, 6.45) is 10.8. The van der Waals surface area contributed by atoms with Gasteiger partial charge in [-0.15, -0.1) is 0 Å². The van der Waals surface area contributed by atoms with Crippen molar-refractivity contribution in [2.75, 3.05) is 4.90 Å². The van der Waals surface area contributed by atoms with E-state index in [-0.39, 0.29) is 11.8 Å². The SMILES string of the molecule is Cc1ncc(C2=CCC3C(=C2)N(c2cccc4[nH]ccc24)C(=O)C3(C)C)cn1. The summed E-state index contributed by atoms with van der Waals surface area (Å²) >= 11 is 0. The van der Waals surface area contributed by atoms with Crippen LogP contribution in [0.2, 0.25) is 0 Å². The van der Waals surface area contributed by atoms with E-state index in [1.54, 1.807) is 0 Å². The van der Waals surface area contributed by atoms with Gasteiger partial charge in [0.05, 0.1) is 11.1 Å². The number of nitrogens with zero attached hydrogens (tertiary/aromatic N) is 3. The van der Waals surface area contributed by atoms with Crippen molar-refractivity contribution in [1.82, 2.24) is 15.0 Å². The Morgan fingerprint density at radius 2 is 1.96 bits per heavy atom. The quantitative estimate of drug-likeness (QED) is 0.716. The Morgan fingerprint density at radius 3 is 2.75 bits per heavy atom. The molecule has 1 aromatic carbocycles. The lowest BCUT2D eigenvalue weighted by molar-refractivity contribution is -0.125. The van der Waals surface area contributed by atoms with Gasteiger partial charge < -0.3 is 4.98 Å². The van der Waals surface area contributed by atoms with Crippen LogP contribution >= 0.6 is 0 Å². The van der Waals surface area contributed by atoms with Crippen LogP contribution in [0.25, 0.3) is 16.5 Å². The van der Waals surface area contributed by atoms with E-state index in [0.717, 1.165) is 45.7 Å². The Kier molecular flexibility index (Phi) is 3.56. The number of benzene rings is 1. The minimum Gasteiger partial charge on any atom is -0.361 e. The van der Waals surface area contributed by atoms with E-state index >= 15 is 0 Å². The maximum absolute atomic E-state index is 13.5. The number of anilines is 1. The number of fused-ring (bicyclic) bond motifs is 2. The molecule has 0 bridgehead atoms. The Hall–Kier alpha value is -3.21. The summed E-state index contributed by atoms with van der Waals surface area (Å²) in [7, 11) is 0. The van der Waals surface area contributed by atoms with E-state index < -0.39 is 5.41 Å². The number of H-pyrrole nitrogens is 1. The second kappa shape index (κ2) is 5.89. The molecule has 1 aliphatic heterocycles. The third-order valence-corrected chi connectivity index (χ3v) is 6.04. The number of aromatic amines is 1. The third kappa shape index (κ3) is 2.35. The van der Waals surface area contributed by atoms with E-state index in [1.165, 1.54) is 0 Å². The molecule has 1 fully saturated rings. The van der Waals surface area contributed by atoms with Gasteiger partial charge in [0.2, 0.25) is 5.91 Å². The van der Waals surface area contributed by atoms with Crippen LogP contribution < -0.4 is 4.90 Å². The Balaban J connectivity index is 1.66. The van der Waals surface area contributed by atoms with Crippen molar-refractivity contribution >= 4 is 28.1 Å². The van der Waals surface area contributed by atoms with Crippen LogP contribution in [0.15, 0.2) is 60.7 Å². The smallest absolute Gasteiger partial charge is 0.237 e. The molecule has 3 heterocycles. The van der Waals surface area contributed by atoms with Gasteiger partial charge in [0, 0.05) is 46.7 Å². The molecular weight excluding hydrogens is 348 g/mol. The lowest BCUT2D eigenvalue weighted by Crippen LogP contribution is -2.31. The Bertz CT molecular complexity index is 1150. The molecule has 1 unspecified atom stereocenters. The average molecular weight is 370 g/mol. The van der Waals surface area contributed by atoms with Gasteiger partial charge in [-0.2, -0.15) is 0 Å². The maximum Gasteiger partial charge on any atom is 0.237 e. The number of allylic oxidation sites excluding steroid dienone is 4. The zero-order valence-corrected chi connectivity index (χ0v) is 16.2. The predicted octanol–water partition coefficient (Wildman–Crippen LogP) is 4.63. The molecule has 1 saturated heterocycles. The van der Waals surface area contributed by atoms with E-state index in [9.17, 15) is 4.79 Å².